The second-order valence-corrected chi connectivity index (χ2v) is 8.45. The predicted molar refractivity (Wildman–Crippen MR) is 111 cm³/mol. The van der Waals surface area contributed by atoms with Crippen LogP contribution in [0.5, 0.6) is 5.75 Å². The molecule has 2 aromatic carbocycles. The first-order valence-electron chi connectivity index (χ1n) is 8.46. The number of methoxy groups -OCH3 is 1. The lowest BCUT2D eigenvalue weighted by Gasteiger charge is -2.35. The molecule has 144 valence electrons. The van der Waals surface area contributed by atoms with E-state index in [1.54, 1.807) is 31.4 Å². The van der Waals surface area contributed by atoms with Crippen molar-refractivity contribution in [1.29, 1.82) is 0 Å². The van der Waals surface area contributed by atoms with Crippen molar-refractivity contribution < 1.29 is 13.2 Å². The lowest BCUT2D eigenvalue weighted by molar-refractivity contribution is 0.378. The summed E-state index contributed by atoms with van der Waals surface area (Å²) in [5.74, 6) is 0.787. The van der Waals surface area contributed by atoms with Gasteiger partial charge in [0.05, 0.1) is 17.7 Å². The number of sulfonamides is 1. The van der Waals surface area contributed by atoms with Gasteiger partial charge in [0.2, 0.25) is 10.0 Å². The highest BCUT2D eigenvalue weighted by Gasteiger charge is 2.29. The summed E-state index contributed by atoms with van der Waals surface area (Å²) < 4.78 is 32.7. The number of nitrogens with two attached hydrogens (primary N) is 1. The maximum atomic E-state index is 12.9. The topological polar surface area (TPSA) is 87.9 Å². The molecule has 0 saturated carbocycles. The summed E-state index contributed by atoms with van der Waals surface area (Å²) in [5, 5.41) is 2.92. The molecule has 0 aromatic heterocycles. The Morgan fingerprint density at radius 3 is 2.30 bits per heavy atom. The van der Waals surface area contributed by atoms with E-state index in [1.807, 2.05) is 24.3 Å². The molecule has 2 aromatic rings. The molecule has 0 amide bonds. The monoisotopic (exact) mass is 406 g/mol. The number of hydrogen-bond donors (Lipinski definition) is 2. The highest BCUT2D eigenvalue weighted by molar-refractivity contribution is 7.89. The molecule has 0 spiro atoms. The standard InChI is InChI=1S/C18H22N4O3S2/c1-25-17-5-3-2-4-16(17)21-10-12-22(13-11-21)27(23,24)15-8-6-14(7-9-15)20-18(19)26/h2-9H,10-13H2,1H3,(H3,19,20,26). The minimum absolute atomic E-state index is 0.137. The number of ether oxygens (including phenoxy) is 1. The molecule has 1 fully saturated rings. The van der Waals surface area contributed by atoms with E-state index in [0.29, 0.717) is 31.9 Å². The van der Waals surface area contributed by atoms with E-state index >= 15 is 0 Å². The number of nitrogens with one attached hydrogen (secondary N) is 1. The molecule has 3 rings (SSSR count). The Morgan fingerprint density at radius 2 is 1.70 bits per heavy atom. The van der Waals surface area contributed by atoms with Crippen molar-refractivity contribution in [3.63, 3.8) is 0 Å². The van der Waals surface area contributed by atoms with E-state index in [2.05, 4.69) is 10.2 Å². The number of nitrogens with zero attached hydrogens (tertiary/aromatic N) is 2. The summed E-state index contributed by atoms with van der Waals surface area (Å²) in [6, 6.07) is 14.2. The van der Waals surface area contributed by atoms with Crippen LogP contribution in [-0.4, -0.2) is 51.1 Å². The van der Waals surface area contributed by atoms with Gasteiger partial charge in [-0.1, -0.05) is 12.1 Å². The molecule has 3 N–H and O–H groups in total. The van der Waals surface area contributed by atoms with Gasteiger partial charge in [-0.2, -0.15) is 4.31 Å². The maximum Gasteiger partial charge on any atom is 0.243 e. The SMILES string of the molecule is COc1ccccc1N1CCN(S(=O)(=O)c2ccc(NC(N)=S)cc2)CC1. The van der Waals surface area contributed by atoms with Gasteiger partial charge in [0, 0.05) is 31.9 Å². The molecule has 0 aliphatic carbocycles. The molecule has 1 aliphatic rings. The number of thiocarbonyl (C=S) groups is 1. The van der Waals surface area contributed by atoms with Crippen LogP contribution in [0.4, 0.5) is 11.4 Å². The van der Waals surface area contributed by atoms with Crippen molar-refractivity contribution in [3.05, 3.63) is 48.5 Å². The summed E-state index contributed by atoms with van der Waals surface area (Å²) in [6.07, 6.45) is 0. The summed E-state index contributed by atoms with van der Waals surface area (Å²) in [7, 11) is -1.91. The van der Waals surface area contributed by atoms with Gasteiger partial charge >= 0.3 is 0 Å². The van der Waals surface area contributed by atoms with Crippen LogP contribution in [0.2, 0.25) is 0 Å². The van der Waals surface area contributed by atoms with Crippen LogP contribution < -0.4 is 20.7 Å². The van der Waals surface area contributed by atoms with Gasteiger partial charge in [-0.15, -0.1) is 0 Å². The lowest BCUT2D eigenvalue weighted by Crippen LogP contribution is -2.48. The van der Waals surface area contributed by atoms with E-state index in [1.165, 1.54) is 4.31 Å². The quantitative estimate of drug-likeness (QED) is 0.733. The Morgan fingerprint density at radius 1 is 1.07 bits per heavy atom. The number of benzene rings is 2. The summed E-state index contributed by atoms with van der Waals surface area (Å²) in [6.45, 7) is 2.02. The normalized spacial score (nSPS) is 15.4. The smallest absolute Gasteiger partial charge is 0.243 e. The highest BCUT2D eigenvalue weighted by Crippen LogP contribution is 2.29. The highest BCUT2D eigenvalue weighted by atomic mass is 32.2. The molecule has 1 aliphatic heterocycles. The first-order chi connectivity index (χ1) is 12.9. The van der Waals surface area contributed by atoms with Crippen LogP contribution in [-0.2, 0) is 10.0 Å². The van der Waals surface area contributed by atoms with Crippen molar-refractivity contribution in [2.75, 3.05) is 43.5 Å². The minimum atomic E-state index is -3.55. The molecule has 0 radical (unpaired) electrons. The van der Waals surface area contributed by atoms with Crippen LogP contribution in [0.3, 0.4) is 0 Å². The zero-order valence-electron chi connectivity index (χ0n) is 15.0. The number of anilines is 2. The molecule has 0 unspecified atom stereocenters. The summed E-state index contributed by atoms with van der Waals surface area (Å²) >= 11 is 4.78. The fourth-order valence-electron chi connectivity index (χ4n) is 3.06. The molecule has 27 heavy (non-hydrogen) atoms. The Balaban J connectivity index is 1.70. The molecule has 0 bridgehead atoms. The molecular formula is C18H22N4O3S2. The average molecular weight is 407 g/mol. The van der Waals surface area contributed by atoms with E-state index in [0.717, 1.165) is 11.4 Å². The van der Waals surface area contributed by atoms with Gasteiger partial charge < -0.3 is 20.7 Å². The lowest BCUT2D eigenvalue weighted by atomic mass is 10.2. The average Bonchev–Trinajstić information content (AvgIpc) is 2.68. The number of piperazine rings is 1. The number of rotatable bonds is 5. The molecule has 9 heteroatoms. The van der Waals surface area contributed by atoms with Crippen LogP contribution in [0.15, 0.2) is 53.4 Å². The molecule has 1 saturated heterocycles. The number of hydrogen-bond acceptors (Lipinski definition) is 5. The van der Waals surface area contributed by atoms with E-state index in [-0.39, 0.29) is 10.0 Å². The Labute approximate surface area is 164 Å². The molecule has 0 atom stereocenters. The second-order valence-electron chi connectivity index (χ2n) is 6.08. The van der Waals surface area contributed by atoms with Crippen molar-refractivity contribution in [2.45, 2.75) is 4.90 Å². The first-order valence-corrected chi connectivity index (χ1v) is 10.3. The third kappa shape index (κ3) is 4.32. The van der Waals surface area contributed by atoms with Crippen LogP contribution in [0.1, 0.15) is 0 Å². The van der Waals surface area contributed by atoms with Gasteiger partial charge in [-0.25, -0.2) is 8.42 Å². The van der Waals surface area contributed by atoms with Crippen LogP contribution in [0.25, 0.3) is 0 Å². The second kappa shape index (κ2) is 8.12. The van der Waals surface area contributed by atoms with Crippen molar-refractivity contribution in [3.8, 4) is 5.75 Å². The number of para-hydroxylation sites is 2. The fraction of sp³-hybridized carbons (Fsp3) is 0.278. The fourth-order valence-corrected chi connectivity index (χ4v) is 4.60. The maximum absolute atomic E-state index is 12.9. The van der Waals surface area contributed by atoms with E-state index in [4.69, 9.17) is 22.7 Å². The molecular weight excluding hydrogens is 384 g/mol. The van der Waals surface area contributed by atoms with Gasteiger partial charge in [-0.3, -0.25) is 0 Å². The van der Waals surface area contributed by atoms with Crippen LogP contribution >= 0.6 is 12.2 Å². The molecule has 7 nitrogen and oxygen atoms in total. The third-order valence-electron chi connectivity index (χ3n) is 4.42. The van der Waals surface area contributed by atoms with Crippen molar-refractivity contribution in [2.24, 2.45) is 5.73 Å². The zero-order chi connectivity index (χ0) is 19.4. The minimum Gasteiger partial charge on any atom is -0.495 e. The van der Waals surface area contributed by atoms with E-state index in [9.17, 15) is 8.42 Å². The zero-order valence-corrected chi connectivity index (χ0v) is 16.6. The van der Waals surface area contributed by atoms with Crippen LogP contribution in [0, 0.1) is 0 Å². The van der Waals surface area contributed by atoms with Crippen molar-refractivity contribution >= 4 is 38.7 Å². The third-order valence-corrected chi connectivity index (χ3v) is 6.44. The summed E-state index contributed by atoms with van der Waals surface area (Å²) in [4.78, 5) is 2.39. The Bertz CT molecular complexity index is 908. The largest absolute Gasteiger partial charge is 0.495 e. The Kier molecular flexibility index (Phi) is 5.83. The van der Waals surface area contributed by atoms with E-state index < -0.39 is 10.0 Å². The Hall–Kier alpha value is -2.36. The van der Waals surface area contributed by atoms with Crippen molar-refractivity contribution in [1.82, 2.24) is 4.31 Å². The summed E-state index contributed by atoms with van der Waals surface area (Å²) in [5.41, 5.74) is 7.06. The first kappa shape index (κ1) is 19.4. The molecule has 1 heterocycles. The predicted octanol–water partition coefficient (Wildman–Crippen LogP) is 1.86. The van der Waals surface area contributed by atoms with Gasteiger partial charge in [0.25, 0.3) is 0 Å². The van der Waals surface area contributed by atoms with Gasteiger partial charge in [0.15, 0.2) is 5.11 Å². The van der Waals surface area contributed by atoms with Gasteiger partial charge in [-0.05, 0) is 48.6 Å². The van der Waals surface area contributed by atoms with Gasteiger partial charge in [0.1, 0.15) is 5.75 Å².